The maximum Gasteiger partial charge on any atom is 0.223 e. The molecule has 1 rings (SSSR count). The molecule has 0 heterocycles. The number of rotatable bonds is 7. The van der Waals surface area contributed by atoms with E-state index in [2.05, 4.69) is 5.32 Å². The van der Waals surface area contributed by atoms with Crippen molar-refractivity contribution in [1.29, 1.82) is 0 Å². The second kappa shape index (κ2) is 8.28. The smallest absolute Gasteiger partial charge is 0.223 e. The van der Waals surface area contributed by atoms with Gasteiger partial charge in [0.25, 0.3) is 0 Å². The molecule has 0 aliphatic carbocycles. The monoisotopic (exact) mass is 297 g/mol. The Labute approximate surface area is 126 Å². The summed E-state index contributed by atoms with van der Waals surface area (Å²) in [6.07, 6.45) is 1.21. The summed E-state index contributed by atoms with van der Waals surface area (Å²) >= 11 is 6.11. The van der Waals surface area contributed by atoms with Gasteiger partial charge in [-0.3, -0.25) is 4.79 Å². The van der Waals surface area contributed by atoms with Crippen molar-refractivity contribution in [3.05, 3.63) is 34.9 Å². The molecule has 1 aromatic rings. The molecule has 0 spiro atoms. The second-order valence-corrected chi connectivity index (χ2v) is 5.98. The molecule has 4 heteroatoms. The van der Waals surface area contributed by atoms with E-state index < -0.39 is 0 Å². The van der Waals surface area contributed by atoms with E-state index >= 15 is 0 Å². The highest BCUT2D eigenvalue weighted by molar-refractivity contribution is 6.31. The Morgan fingerprint density at radius 1 is 1.30 bits per heavy atom. The minimum absolute atomic E-state index is 0.0112. The summed E-state index contributed by atoms with van der Waals surface area (Å²) < 4.78 is 0. The molecule has 0 aromatic heterocycles. The first-order valence-corrected chi connectivity index (χ1v) is 7.48. The van der Waals surface area contributed by atoms with Crippen molar-refractivity contribution in [2.75, 3.05) is 6.61 Å². The summed E-state index contributed by atoms with van der Waals surface area (Å²) in [6, 6.07) is 7.60. The Hall–Kier alpha value is -1.06. The largest absolute Gasteiger partial charge is 0.396 e. The number of carbonyl (C=O) groups is 1. The van der Waals surface area contributed by atoms with E-state index in [0.717, 1.165) is 5.56 Å². The lowest BCUT2D eigenvalue weighted by atomic mass is 9.97. The third-order valence-corrected chi connectivity index (χ3v) is 3.87. The van der Waals surface area contributed by atoms with Crippen molar-refractivity contribution in [3.8, 4) is 0 Å². The molecule has 2 N–H and O–H groups in total. The zero-order chi connectivity index (χ0) is 15.1. The molecular weight excluding hydrogens is 274 g/mol. The highest BCUT2D eigenvalue weighted by Crippen LogP contribution is 2.19. The van der Waals surface area contributed by atoms with Crippen LogP contribution in [0.3, 0.4) is 0 Å². The minimum atomic E-state index is -0.144. The first-order chi connectivity index (χ1) is 9.45. The number of aliphatic hydroxyl groups is 1. The average molecular weight is 298 g/mol. The van der Waals surface area contributed by atoms with Gasteiger partial charge in [0, 0.05) is 23.6 Å². The van der Waals surface area contributed by atoms with E-state index in [0.29, 0.717) is 23.8 Å². The first kappa shape index (κ1) is 17.0. The molecule has 2 atom stereocenters. The van der Waals surface area contributed by atoms with Gasteiger partial charge in [-0.1, -0.05) is 50.6 Å². The van der Waals surface area contributed by atoms with E-state index in [-0.39, 0.29) is 24.5 Å². The fourth-order valence-corrected chi connectivity index (χ4v) is 2.34. The first-order valence-electron chi connectivity index (χ1n) is 7.10. The summed E-state index contributed by atoms with van der Waals surface area (Å²) in [5.74, 6) is 0.172. The SMILES string of the molecule is CC(Cc1ccccc1Cl)C(=O)NC(CCO)C(C)C. The van der Waals surface area contributed by atoms with Crippen molar-refractivity contribution in [3.63, 3.8) is 0 Å². The maximum atomic E-state index is 12.2. The predicted molar refractivity (Wildman–Crippen MR) is 82.8 cm³/mol. The predicted octanol–water partition coefficient (Wildman–Crippen LogP) is 3.04. The highest BCUT2D eigenvalue weighted by Gasteiger charge is 2.20. The molecule has 0 saturated heterocycles. The zero-order valence-electron chi connectivity index (χ0n) is 12.4. The van der Waals surface area contributed by atoms with Crippen LogP contribution in [-0.4, -0.2) is 23.7 Å². The number of benzene rings is 1. The molecule has 1 amide bonds. The molecule has 0 saturated carbocycles. The summed E-state index contributed by atoms with van der Waals surface area (Å²) in [5, 5.41) is 12.8. The standard InChI is InChI=1S/C16H24ClNO2/c1-11(2)15(8-9-19)18-16(20)12(3)10-13-6-4-5-7-14(13)17/h4-7,11-12,15,19H,8-10H2,1-3H3,(H,18,20). The van der Waals surface area contributed by atoms with Gasteiger partial charge in [0.1, 0.15) is 0 Å². The van der Waals surface area contributed by atoms with Gasteiger partial charge in [-0.05, 0) is 30.4 Å². The van der Waals surface area contributed by atoms with Gasteiger partial charge in [0.15, 0.2) is 0 Å². The Morgan fingerprint density at radius 2 is 1.95 bits per heavy atom. The van der Waals surface area contributed by atoms with Crippen LogP contribution >= 0.6 is 11.6 Å². The van der Waals surface area contributed by atoms with Crippen LogP contribution < -0.4 is 5.32 Å². The topological polar surface area (TPSA) is 49.3 Å². The number of nitrogens with one attached hydrogen (secondary N) is 1. The van der Waals surface area contributed by atoms with E-state index in [1.807, 2.05) is 45.0 Å². The Bertz CT molecular complexity index is 434. The Morgan fingerprint density at radius 3 is 2.50 bits per heavy atom. The van der Waals surface area contributed by atoms with Gasteiger partial charge in [0.2, 0.25) is 5.91 Å². The maximum absolute atomic E-state index is 12.2. The Balaban J connectivity index is 2.60. The zero-order valence-corrected chi connectivity index (χ0v) is 13.2. The molecule has 1 aromatic carbocycles. The summed E-state index contributed by atoms with van der Waals surface area (Å²) in [4.78, 5) is 12.2. The quantitative estimate of drug-likeness (QED) is 0.813. The van der Waals surface area contributed by atoms with Crippen LogP contribution in [0, 0.1) is 11.8 Å². The van der Waals surface area contributed by atoms with Crippen LogP contribution in [0.2, 0.25) is 5.02 Å². The lowest BCUT2D eigenvalue weighted by molar-refractivity contribution is -0.125. The van der Waals surface area contributed by atoms with Gasteiger partial charge in [-0.15, -0.1) is 0 Å². The van der Waals surface area contributed by atoms with Crippen LogP contribution in [0.5, 0.6) is 0 Å². The van der Waals surface area contributed by atoms with Gasteiger partial charge < -0.3 is 10.4 Å². The van der Waals surface area contributed by atoms with Crippen molar-refractivity contribution >= 4 is 17.5 Å². The molecule has 0 aliphatic heterocycles. The van der Waals surface area contributed by atoms with Crippen molar-refractivity contribution in [2.45, 2.75) is 39.7 Å². The molecule has 20 heavy (non-hydrogen) atoms. The normalized spacial score (nSPS) is 14.1. The van der Waals surface area contributed by atoms with E-state index in [1.165, 1.54) is 0 Å². The molecule has 0 fully saturated rings. The fourth-order valence-electron chi connectivity index (χ4n) is 2.12. The fraction of sp³-hybridized carbons (Fsp3) is 0.562. The molecule has 112 valence electrons. The summed E-state index contributed by atoms with van der Waals surface area (Å²) in [6.45, 7) is 6.07. The van der Waals surface area contributed by atoms with Gasteiger partial charge >= 0.3 is 0 Å². The number of amides is 1. The van der Waals surface area contributed by atoms with E-state index in [4.69, 9.17) is 16.7 Å². The second-order valence-electron chi connectivity index (χ2n) is 5.57. The number of halogens is 1. The molecular formula is C16H24ClNO2. The molecule has 0 aliphatic rings. The van der Waals surface area contributed by atoms with Crippen LogP contribution in [-0.2, 0) is 11.2 Å². The third kappa shape index (κ3) is 5.14. The lowest BCUT2D eigenvalue weighted by Crippen LogP contribution is -2.42. The average Bonchev–Trinajstić information content (AvgIpc) is 2.40. The van der Waals surface area contributed by atoms with Crippen molar-refractivity contribution in [1.82, 2.24) is 5.32 Å². The van der Waals surface area contributed by atoms with E-state index in [9.17, 15) is 4.79 Å². The van der Waals surface area contributed by atoms with Gasteiger partial charge in [-0.2, -0.15) is 0 Å². The van der Waals surface area contributed by atoms with E-state index in [1.54, 1.807) is 0 Å². The number of aliphatic hydroxyl groups excluding tert-OH is 1. The Kier molecular flexibility index (Phi) is 7.03. The van der Waals surface area contributed by atoms with Crippen molar-refractivity contribution < 1.29 is 9.90 Å². The van der Waals surface area contributed by atoms with Crippen LogP contribution in [0.1, 0.15) is 32.8 Å². The number of hydrogen-bond acceptors (Lipinski definition) is 2. The van der Waals surface area contributed by atoms with Crippen LogP contribution in [0.4, 0.5) is 0 Å². The minimum Gasteiger partial charge on any atom is -0.396 e. The number of carbonyl (C=O) groups excluding carboxylic acids is 1. The molecule has 3 nitrogen and oxygen atoms in total. The number of hydrogen-bond donors (Lipinski definition) is 2. The van der Waals surface area contributed by atoms with Gasteiger partial charge in [0.05, 0.1) is 0 Å². The molecule has 2 unspecified atom stereocenters. The summed E-state index contributed by atoms with van der Waals surface area (Å²) in [5.41, 5.74) is 0.986. The highest BCUT2D eigenvalue weighted by atomic mass is 35.5. The van der Waals surface area contributed by atoms with Crippen LogP contribution in [0.25, 0.3) is 0 Å². The van der Waals surface area contributed by atoms with Crippen LogP contribution in [0.15, 0.2) is 24.3 Å². The molecule has 0 radical (unpaired) electrons. The van der Waals surface area contributed by atoms with Gasteiger partial charge in [-0.25, -0.2) is 0 Å². The van der Waals surface area contributed by atoms with Crippen molar-refractivity contribution in [2.24, 2.45) is 11.8 Å². The molecule has 0 bridgehead atoms. The lowest BCUT2D eigenvalue weighted by Gasteiger charge is -2.23. The third-order valence-electron chi connectivity index (χ3n) is 3.50. The summed E-state index contributed by atoms with van der Waals surface area (Å²) in [7, 11) is 0.